The van der Waals surface area contributed by atoms with Gasteiger partial charge in [-0.3, -0.25) is 4.79 Å². The van der Waals surface area contributed by atoms with Crippen molar-refractivity contribution in [2.75, 3.05) is 39.8 Å². The number of hydrogen-bond donors (Lipinski definition) is 1. The van der Waals surface area contributed by atoms with E-state index >= 15 is 0 Å². The van der Waals surface area contributed by atoms with E-state index in [-0.39, 0.29) is 12.5 Å². The molecule has 1 N–H and O–H groups in total. The van der Waals surface area contributed by atoms with E-state index in [0.29, 0.717) is 18.0 Å². The van der Waals surface area contributed by atoms with Crippen LogP contribution in [0.3, 0.4) is 0 Å². The number of sulfonamides is 1. The van der Waals surface area contributed by atoms with Gasteiger partial charge in [-0.05, 0) is 49.9 Å². The molecule has 6 nitrogen and oxygen atoms in total. The van der Waals surface area contributed by atoms with Gasteiger partial charge >= 0.3 is 0 Å². The van der Waals surface area contributed by atoms with Crippen LogP contribution in [0.2, 0.25) is 0 Å². The van der Waals surface area contributed by atoms with Crippen LogP contribution in [0.15, 0.2) is 11.0 Å². The summed E-state index contributed by atoms with van der Waals surface area (Å²) in [4.78, 5) is 14.4. The van der Waals surface area contributed by atoms with Crippen LogP contribution in [-0.4, -0.2) is 63.3 Å². The van der Waals surface area contributed by atoms with Gasteiger partial charge < -0.3 is 10.2 Å². The van der Waals surface area contributed by atoms with Gasteiger partial charge in [0.1, 0.15) is 0 Å². The highest BCUT2D eigenvalue weighted by molar-refractivity contribution is 7.89. The minimum atomic E-state index is -3.71. The molecule has 1 heterocycles. The van der Waals surface area contributed by atoms with Gasteiger partial charge in [0.15, 0.2) is 0 Å². The molecule has 0 radical (unpaired) electrons. The van der Waals surface area contributed by atoms with Gasteiger partial charge in [0.05, 0.1) is 11.4 Å². The Morgan fingerprint density at radius 1 is 1.12 bits per heavy atom. The third-order valence-corrected chi connectivity index (χ3v) is 6.87. The normalized spacial score (nSPS) is 15.8. The Labute approximate surface area is 144 Å². The van der Waals surface area contributed by atoms with Crippen molar-refractivity contribution < 1.29 is 13.2 Å². The molecule has 0 unspecified atom stereocenters. The lowest BCUT2D eigenvalue weighted by atomic mass is 10.0. The third kappa shape index (κ3) is 3.63. The van der Waals surface area contributed by atoms with Gasteiger partial charge in [-0.1, -0.05) is 6.07 Å². The van der Waals surface area contributed by atoms with E-state index in [2.05, 4.69) is 5.32 Å². The monoisotopic (exact) mass is 353 g/mol. The summed E-state index contributed by atoms with van der Waals surface area (Å²) in [7, 11) is -2.23. The molecule has 134 valence electrons. The van der Waals surface area contributed by atoms with Crippen LogP contribution in [0.4, 0.5) is 0 Å². The molecule has 1 aromatic rings. The van der Waals surface area contributed by atoms with E-state index in [0.717, 1.165) is 35.3 Å². The summed E-state index contributed by atoms with van der Waals surface area (Å²) < 4.78 is 27.3. The van der Waals surface area contributed by atoms with Gasteiger partial charge in [-0.2, -0.15) is 4.31 Å². The molecular formula is C17H27N3O3S. The molecule has 1 saturated heterocycles. The third-order valence-electron chi connectivity index (χ3n) is 4.79. The molecule has 0 atom stereocenters. The second kappa shape index (κ2) is 7.21. The molecule has 0 spiro atoms. The van der Waals surface area contributed by atoms with Crippen LogP contribution < -0.4 is 5.32 Å². The molecule has 1 aromatic carbocycles. The minimum Gasteiger partial charge on any atom is -0.339 e. The molecule has 24 heavy (non-hydrogen) atoms. The Morgan fingerprint density at radius 2 is 1.62 bits per heavy atom. The largest absolute Gasteiger partial charge is 0.339 e. The summed E-state index contributed by atoms with van der Waals surface area (Å²) in [6.45, 7) is 10.1. The number of rotatable bonds is 4. The van der Waals surface area contributed by atoms with Gasteiger partial charge in [0.2, 0.25) is 15.9 Å². The first kappa shape index (κ1) is 18.9. The fraction of sp³-hybridized carbons (Fsp3) is 0.588. The molecule has 0 aromatic heterocycles. The molecule has 0 saturated carbocycles. The summed E-state index contributed by atoms with van der Waals surface area (Å²) in [6.07, 6.45) is 0. The summed E-state index contributed by atoms with van der Waals surface area (Å²) in [5, 5.41) is 3.18. The molecule has 1 aliphatic rings. The number of nitrogens with one attached hydrogen (secondary N) is 1. The second-order valence-electron chi connectivity index (χ2n) is 6.48. The lowest BCUT2D eigenvalue weighted by molar-refractivity contribution is -0.131. The summed E-state index contributed by atoms with van der Waals surface area (Å²) >= 11 is 0. The van der Waals surface area contributed by atoms with E-state index in [1.165, 1.54) is 11.4 Å². The van der Waals surface area contributed by atoms with Gasteiger partial charge in [0, 0.05) is 33.2 Å². The number of nitrogens with zero attached hydrogens (tertiary/aromatic N) is 2. The van der Waals surface area contributed by atoms with E-state index in [9.17, 15) is 13.2 Å². The first-order valence-corrected chi connectivity index (χ1v) is 9.62. The highest BCUT2D eigenvalue weighted by Crippen LogP contribution is 2.28. The highest BCUT2D eigenvalue weighted by Gasteiger charge is 2.29. The molecule has 1 amide bonds. The van der Waals surface area contributed by atoms with Crippen molar-refractivity contribution in [2.45, 2.75) is 32.6 Å². The van der Waals surface area contributed by atoms with E-state index in [1.807, 2.05) is 33.8 Å². The average molecular weight is 353 g/mol. The van der Waals surface area contributed by atoms with Crippen LogP contribution in [0.1, 0.15) is 22.3 Å². The lowest BCUT2D eigenvalue weighted by Gasteiger charge is -2.29. The molecule has 1 fully saturated rings. The number of amides is 1. The fourth-order valence-corrected chi connectivity index (χ4v) is 4.70. The number of likely N-dealkylation sites (N-methyl/N-ethyl adjacent to an activating group) is 1. The van der Waals surface area contributed by atoms with Crippen molar-refractivity contribution in [3.8, 4) is 0 Å². The first-order chi connectivity index (χ1) is 11.2. The number of aryl methyl sites for hydroxylation is 2. The Morgan fingerprint density at radius 3 is 2.12 bits per heavy atom. The molecule has 2 rings (SSSR count). The number of piperazine rings is 1. The predicted octanol–water partition coefficient (Wildman–Crippen LogP) is 0.973. The SMILES string of the molecule is Cc1cc(C)c(C)c(S(=O)(=O)N(C)CC(=O)N2CCNCC2)c1C. The maximum absolute atomic E-state index is 13.0. The zero-order valence-electron chi connectivity index (χ0n) is 15.1. The van der Waals surface area contributed by atoms with Crippen molar-refractivity contribution in [1.82, 2.24) is 14.5 Å². The smallest absolute Gasteiger partial charge is 0.243 e. The Kier molecular flexibility index (Phi) is 5.67. The Bertz CT molecular complexity index is 712. The maximum atomic E-state index is 13.0. The minimum absolute atomic E-state index is 0.131. The van der Waals surface area contributed by atoms with E-state index in [4.69, 9.17) is 0 Å². The quantitative estimate of drug-likeness (QED) is 0.876. The van der Waals surface area contributed by atoms with Crippen LogP contribution >= 0.6 is 0 Å². The van der Waals surface area contributed by atoms with Crippen molar-refractivity contribution in [1.29, 1.82) is 0 Å². The number of hydrogen-bond acceptors (Lipinski definition) is 4. The highest BCUT2D eigenvalue weighted by atomic mass is 32.2. The zero-order valence-corrected chi connectivity index (χ0v) is 16.0. The number of carbonyl (C=O) groups is 1. The van der Waals surface area contributed by atoms with E-state index in [1.54, 1.807) is 4.90 Å². The topological polar surface area (TPSA) is 69.7 Å². The van der Waals surface area contributed by atoms with E-state index < -0.39 is 10.0 Å². The summed E-state index contributed by atoms with van der Waals surface area (Å²) in [6, 6.07) is 2.00. The summed E-state index contributed by atoms with van der Waals surface area (Å²) in [5.41, 5.74) is 3.39. The van der Waals surface area contributed by atoms with Crippen molar-refractivity contribution in [3.05, 3.63) is 28.3 Å². The van der Waals surface area contributed by atoms with Crippen molar-refractivity contribution in [2.24, 2.45) is 0 Å². The van der Waals surface area contributed by atoms with Gasteiger partial charge in [0.25, 0.3) is 0 Å². The standard InChI is InChI=1S/C17H27N3O3S/c1-12-10-13(2)15(4)17(14(12)3)24(22,23)19(5)11-16(21)20-8-6-18-7-9-20/h10,18H,6-9,11H2,1-5H3. The van der Waals surface area contributed by atoms with Crippen LogP contribution in [-0.2, 0) is 14.8 Å². The van der Waals surface area contributed by atoms with Gasteiger partial charge in [-0.25, -0.2) is 8.42 Å². The summed E-state index contributed by atoms with van der Waals surface area (Å²) in [5.74, 6) is -0.151. The number of carbonyl (C=O) groups excluding carboxylic acids is 1. The molecule has 0 aliphatic carbocycles. The Balaban J connectivity index is 2.28. The fourth-order valence-electron chi connectivity index (χ4n) is 3.01. The Hall–Kier alpha value is -1.44. The zero-order chi connectivity index (χ0) is 18.1. The molecule has 0 bridgehead atoms. The first-order valence-electron chi connectivity index (χ1n) is 8.18. The van der Waals surface area contributed by atoms with Crippen LogP contribution in [0.5, 0.6) is 0 Å². The molecule has 1 aliphatic heterocycles. The predicted molar refractivity (Wildman–Crippen MR) is 94.7 cm³/mol. The molecular weight excluding hydrogens is 326 g/mol. The van der Waals surface area contributed by atoms with Crippen LogP contribution in [0, 0.1) is 27.7 Å². The van der Waals surface area contributed by atoms with Crippen molar-refractivity contribution >= 4 is 15.9 Å². The van der Waals surface area contributed by atoms with Crippen molar-refractivity contribution in [3.63, 3.8) is 0 Å². The number of benzene rings is 1. The molecule has 7 heteroatoms. The maximum Gasteiger partial charge on any atom is 0.243 e. The average Bonchev–Trinajstić information content (AvgIpc) is 2.53. The van der Waals surface area contributed by atoms with Crippen LogP contribution in [0.25, 0.3) is 0 Å². The van der Waals surface area contributed by atoms with Gasteiger partial charge in [-0.15, -0.1) is 0 Å². The lowest BCUT2D eigenvalue weighted by Crippen LogP contribution is -2.49. The second-order valence-corrected chi connectivity index (χ2v) is 8.46.